The number of hydrogen-bond donors (Lipinski definition) is 1. The highest BCUT2D eigenvalue weighted by Gasteiger charge is 2.17. The Morgan fingerprint density at radius 3 is 2.81 bits per heavy atom. The Hall–Kier alpha value is -1.79. The van der Waals surface area contributed by atoms with E-state index in [1.165, 1.54) is 6.21 Å². The summed E-state index contributed by atoms with van der Waals surface area (Å²) in [6, 6.07) is 6.96. The van der Waals surface area contributed by atoms with Gasteiger partial charge in [-0.3, -0.25) is 9.59 Å². The molecule has 1 aromatic rings. The number of carbonyl (C=O) groups is 2. The lowest BCUT2D eigenvalue weighted by atomic mass is 10.2. The Bertz CT molecular complexity index is 523. The summed E-state index contributed by atoms with van der Waals surface area (Å²) in [4.78, 5) is 27.3. The Kier molecular flexibility index (Phi) is 7.56. The molecule has 1 unspecified atom stereocenters. The summed E-state index contributed by atoms with van der Waals surface area (Å²) in [6.07, 6.45) is 1.33. The van der Waals surface area contributed by atoms with Crippen molar-refractivity contribution in [3.63, 3.8) is 0 Å². The monoisotopic (exact) mass is 332 g/mol. The first-order valence-corrected chi connectivity index (χ1v) is 6.87. The molecule has 21 heavy (non-hydrogen) atoms. The average Bonchev–Trinajstić information content (AvgIpc) is 2.47. The van der Waals surface area contributed by atoms with Crippen molar-refractivity contribution in [3.05, 3.63) is 34.9 Å². The molecule has 6 nitrogen and oxygen atoms in total. The predicted octanol–water partition coefficient (Wildman–Crippen LogP) is 1.93. The molecule has 1 N–H and O–H groups in total. The second-order valence-electron chi connectivity index (χ2n) is 3.70. The fourth-order valence-electron chi connectivity index (χ4n) is 1.22. The zero-order valence-corrected chi connectivity index (χ0v) is 12.7. The van der Waals surface area contributed by atoms with Gasteiger partial charge in [0.1, 0.15) is 6.54 Å². The summed E-state index contributed by atoms with van der Waals surface area (Å²) in [5, 5.41) is 6.31. The molecule has 0 aromatic heterocycles. The van der Waals surface area contributed by atoms with Crippen LogP contribution >= 0.6 is 23.2 Å². The molecule has 0 fully saturated rings. The molecule has 1 atom stereocenters. The lowest BCUT2D eigenvalue weighted by molar-refractivity contribution is -0.144. The summed E-state index contributed by atoms with van der Waals surface area (Å²) in [7, 11) is 0. The van der Waals surface area contributed by atoms with Gasteiger partial charge in [0, 0.05) is 10.6 Å². The van der Waals surface area contributed by atoms with Gasteiger partial charge in [0.05, 0.1) is 12.8 Å². The molecule has 1 amide bonds. The largest absolute Gasteiger partial charge is 0.465 e. The summed E-state index contributed by atoms with van der Waals surface area (Å²) in [5.74, 6) is -1.25. The van der Waals surface area contributed by atoms with Crippen molar-refractivity contribution >= 4 is 41.3 Å². The first-order chi connectivity index (χ1) is 10.0. The standard InChI is InChI=1S/C13H14Cl2N2O4/c1-2-20-11(18)8-16-13(19)12(15)21-17-7-9-5-3-4-6-10(9)14/h3-7,12H,2,8H2,1H3,(H,16,19). The third-order valence-corrected chi connectivity index (χ3v) is 2.79. The van der Waals surface area contributed by atoms with Crippen LogP contribution < -0.4 is 5.32 Å². The Morgan fingerprint density at radius 2 is 2.14 bits per heavy atom. The van der Waals surface area contributed by atoms with Crippen molar-refractivity contribution in [2.45, 2.75) is 12.5 Å². The highest BCUT2D eigenvalue weighted by molar-refractivity contribution is 6.33. The van der Waals surface area contributed by atoms with Crippen molar-refractivity contribution < 1.29 is 19.2 Å². The smallest absolute Gasteiger partial charge is 0.325 e. The van der Waals surface area contributed by atoms with Crippen molar-refractivity contribution in [1.82, 2.24) is 5.32 Å². The van der Waals surface area contributed by atoms with E-state index in [1.54, 1.807) is 31.2 Å². The molecule has 0 aliphatic rings. The third-order valence-electron chi connectivity index (χ3n) is 2.17. The van der Waals surface area contributed by atoms with Crippen LogP contribution in [0.5, 0.6) is 0 Å². The SMILES string of the molecule is CCOC(=O)CNC(=O)C(Cl)ON=Cc1ccccc1Cl. The van der Waals surface area contributed by atoms with E-state index in [0.29, 0.717) is 10.6 Å². The van der Waals surface area contributed by atoms with Gasteiger partial charge in [-0.2, -0.15) is 0 Å². The van der Waals surface area contributed by atoms with E-state index in [2.05, 4.69) is 15.2 Å². The van der Waals surface area contributed by atoms with Gasteiger partial charge in [-0.15, -0.1) is 0 Å². The second kappa shape index (κ2) is 9.20. The van der Waals surface area contributed by atoms with Crippen LogP contribution in [0.1, 0.15) is 12.5 Å². The third kappa shape index (κ3) is 6.46. The van der Waals surface area contributed by atoms with Crippen LogP contribution in [0, 0.1) is 0 Å². The van der Waals surface area contributed by atoms with Gasteiger partial charge < -0.3 is 14.9 Å². The first-order valence-electron chi connectivity index (χ1n) is 6.05. The zero-order chi connectivity index (χ0) is 15.7. The van der Waals surface area contributed by atoms with Crippen LogP contribution in [0.15, 0.2) is 29.4 Å². The first kappa shape index (κ1) is 17.3. The number of esters is 1. The molecule has 0 saturated carbocycles. The number of ether oxygens (including phenoxy) is 1. The van der Waals surface area contributed by atoms with Gasteiger partial charge in [0.25, 0.3) is 11.5 Å². The molecule has 0 saturated heterocycles. The van der Waals surface area contributed by atoms with Crippen molar-refractivity contribution in [1.29, 1.82) is 0 Å². The summed E-state index contributed by atoms with van der Waals surface area (Å²) in [6.45, 7) is 1.61. The number of rotatable bonds is 7. The van der Waals surface area contributed by atoms with Crippen molar-refractivity contribution in [2.24, 2.45) is 5.16 Å². The highest BCUT2D eigenvalue weighted by atomic mass is 35.5. The number of nitrogens with zero attached hydrogens (tertiary/aromatic N) is 1. The maximum Gasteiger partial charge on any atom is 0.325 e. The second-order valence-corrected chi connectivity index (χ2v) is 4.50. The Labute approximate surface area is 132 Å². The number of benzene rings is 1. The molecule has 1 aromatic carbocycles. The number of nitrogens with one attached hydrogen (secondary N) is 1. The molecule has 0 aliphatic carbocycles. The average molecular weight is 333 g/mol. The molecule has 8 heteroatoms. The normalized spacial score (nSPS) is 12.0. The number of hydrogen-bond acceptors (Lipinski definition) is 5. The maximum absolute atomic E-state index is 11.5. The summed E-state index contributed by atoms with van der Waals surface area (Å²) >= 11 is 11.6. The van der Waals surface area contributed by atoms with Gasteiger partial charge in [-0.05, 0) is 13.0 Å². The molecule has 1 rings (SSSR count). The number of carbonyl (C=O) groups excluding carboxylic acids is 2. The van der Waals surface area contributed by atoms with Crippen LogP contribution in [0.25, 0.3) is 0 Å². The van der Waals surface area contributed by atoms with Gasteiger partial charge in [-0.25, -0.2) is 0 Å². The Morgan fingerprint density at radius 1 is 1.43 bits per heavy atom. The molecular formula is C13H14Cl2N2O4. The topological polar surface area (TPSA) is 77.0 Å². The van der Waals surface area contributed by atoms with E-state index in [1.807, 2.05) is 0 Å². The minimum absolute atomic E-state index is 0.234. The molecule has 0 bridgehead atoms. The Balaban J connectivity index is 2.39. The molecule has 0 heterocycles. The van der Waals surface area contributed by atoms with Gasteiger partial charge >= 0.3 is 5.97 Å². The van der Waals surface area contributed by atoms with Crippen LogP contribution in [-0.4, -0.2) is 36.8 Å². The summed E-state index contributed by atoms with van der Waals surface area (Å²) in [5.41, 5.74) is -0.742. The highest BCUT2D eigenvalue weighted by Crippen LogP contribution is 2.12. The van der Waals surface area contributed by atoms with E-state index in [4.69, 9.17) is 28.0 Å². The quantitative estimate of drug-likeness (QED) is 0.358. The molecule has 0 spiro atoms. The van der Waals surface area contributed by atoms with E-state index in [0.717, 1.165) is 0 Å². The molecular weight excluding hydrogens is 319 g/mol. The van der Waals surface area contributed by atoms with Gasteiger partial charge in [-0.1, -0.05) is 46.6 Å². The van der Waals surface area contributed by atoms with Crippen LogP contribution in [0.4, 0.5) is 0 Å². The van der Waals surface area contributed by atoms with E-state index < -0.39 is 17.4 Å². The number of halogens is 2. The predicted molar refractivity (Wildman–Crippen MR) is 79.4 cm³/mol. The van der Waals surface area contributed by atoms with Crippen molar-refractivity contribution in [2.75, 3.05) is 13.2 Å². The zero-order valence-electron chi connectivity index (χ0n) is 11.2. The van der Waals surface area contributed by atoms with Crippen LogP contribution in [0.2, 0.25) is 5.02 Å². The lowest BCUT2D eigenvalue weighted by Gasteiger charge is -2.08. The van der Waals surface area contributed by atoms with Gasteiger partial charge in [0.15, 0.2) is 0 Å². The van der Waals surface area contributed by atoms with E-state index >= 15 is 0 Å². The molecule has 0 radical (unpaired) electrons. The van der Waals surface area contributed by atoms with Crippen molar-refractivity contribution in [3.8, 4) is 0 Å². The van der Waals surface area contributed by atoms with Crippen LogP contribution in [0.3, 0.4) is 0 Å². The maximum atomic E-state index is 11.5. The minimum Gasteiger partial charge on any atom is -0.465 e. The number of oxime groups is 1. The van der Waals surface area contributed by atoms with E-state index in [9.17, 15) is 9.59 Å². The summed E-state index contributed by atoms with van der Waals surface area (Å²) < 4.78 is 4.64. The van der Waals surface area contributed by atoms with E-state index in [-0.39, 0.29) is 13.2 Å². The fraction of sp³-hybridized carbons (Fsp3) is 0.308. The lowest BCUT2D eigenvalue weighted by Crippen LogP contribution is -2.36. The number of alkyl halides is 1. The minimum atomic E-state index is -1.36. The van der Waals surface area contributed by atoms with Gasteiger partial charge in [0.2, 0.25) is 0 Å². The number of amides is 1. The van der Waals surface area contributed by atoms with Crippen LogP contribution in [-0.2, 0) is 19.2 Å². The fourth-order valence-corrected chi connectivity index (χ4v) is 1.53. The molecule has 114 valence electrons. The molecule has 0 aliphatic heterocycles.